The minimum atomic E-state index is -0.355. The minimum Gasteiger partial charge on any atom is -0.326 e. The Balaban J connectivity index is 1.75. The maximum Gasteiger partial charge on any atom is 0.228 e. The van der Waals surface area contributed by atoms with E-state index < -0.39 is 0 Å². The van der Waals surface area contributed by atoms with E-state index in [9.17, 15) is 9.18 Å². The van der Waals surface area contributed by atoms with Crippen molar-refractivity contribution in [2.24, 2.45) is 0 Å². The largest absolute Gasteiger partial charge is 0.326 e. The number of aromatic nitrogens is 4. The molecule has 1 amide bonds. The molecule has 0 aliphatic carbocycles. The molecule has 0 aliphatic rings. The van der Waals surface area contributed by atoms with Crippen molar-refractivity contribution in [2.45, 2.75) is 13.3 Å². The third kappa shape index (κ3) is 3.57. The van der Waals surface area contributed by atoms with Gasteiger partial charge in [0.2, 0.25) is 5.91 Å². The first-order chi connectivity index (χ1) is 11.1. The van der Waals surface area contributed by atoms with Gasteiger partial charge in [0.1, 0.15) is 12.1 Å². The normalized spacial score (nSPS) is 10.5. The van der Waals surface area contributed by atoms with Crippen LogP contribution in [0.1, 0.15) is 11.1 Å². The van der Waals surface area contributed by atoms with Gasteiger partial charge in [0.25, 0.3) is 0 Å². The fourth-order valence-electron chi connectivity index (χ4n) is 2.24. The number of hydrogen-bond donors (Lipinski definition) is 1. The second-order valence-corrected chi connectivity index (χ2v) is 5.11. The van der Waals surface area contributed by atoms with Gasteiger partial charge in [0.05, 0.1) is 12.1 Å². The molecule has 23 heavy (non-hydrogen) atoms. The highest BCUT2D eigenvalue weighted by atomic mass is 19.1. The lowest BCUT2D eigenvalue weighted by Crippen LogP contribution is -2.15. The van der Waals surface area contributed by atoms with Crippen molar-refractivity contribution in [2.75, 3.05) is 5.32 Å². The molecule has 0 saturated carbocycles. The van der Waals surface area contributed by atoms with Gasteiger partial charge in [-0.25, -0.2) is 9.07 Å². The van der Waals surface area contributed by atoms with Crippen molar-refractivity contribution >= 4 is 11.6 Å². The number of amides is 1. The van der Waals surface area contributed by atoms with E-state index in [1.54, 1.807) is 24.3 Å². The molecule has 7 heteroatoms. The Bertz CT molecular complexity index is 832. The topological polar surface area (TPSA) is 72.7 Å². The maximum absolute atomic E-state index is 13.1. The van der Waals surface area contributed by atoms with Crippen molar-refractivity contribution in [1.82, 2.24) is 20.2 Å². The number of aryl methyl sites for hydroxylation is 1. The van der Waals surface area contributed by atoms with Crippen LogP contribution in [0.3, 0.4) is 0 Å². The van der Waals surface area contributed by atoms with Crippen LogP contribution in [0.15, 0.2) is 48.8 Å². The summed E-state index contributed by atoms with van der Waals surface area (Å²) in [6.07, 6.45) is 1.59. The third-order valence-corrected chi connectivity index (χ3v) is 3.34. The van der Waals surface area contributed by atoms with Crippen molar-refractivity contribution in [1.29, 1.82) is 0 Å². The predicted octanol–water partition coefficient (Wildman–Crippen LogP) is 2.29. The second-order valence-electron chi connectivity index (χ2n) is 5.11. The molecule has 0 fully saturated rings. The number of hydrogen-bond acceptors (Lipinski definition) is 4. The Morgan fingerprint density at radius 3 is 2.87 bits per heavy atom. The lowest BCUT2D eigenvalue weighted by atomic mass is 10.1. The van der Waals surface area contributed by atoms with Crippen molar-refractivity contribution in [3.05, 3.63) is 65.7 Å². The summed E-state index contributed by atoms with van der Waals surface area (Å²) in [6, 6.07) is 11.4. The third-order valence-electron chi connectivity index (χ3n) is 3.34. The van der Waals surface area contributed by atoms with Gasteiger partial charge in [-0.05, 0) is 52.7 Å². The molecule has 6 nitrogen and oxygen atoms in total. The average molecular weight is 311 g/mol. The molecule has 3 rings (SSSR count). The summed E-state index contributed by atoms with van der Waals surface area (Å²) in [5.74, 6) is -0.575. The number of anilines is 1. The Morgan fingerprint density at radius 2 is 2.13 bits per heavy atom. The summed E-state index contributed by atoms with van der Waals surface area (Å²) in [7, 11) is 0. The van der Waals surface area contributed by atoms with Crippen LogP contribution in [0.25, 0.3) is 5.69 Å². The van der Waals surface area contributed by atoms with Crippen LogP contribution in [0, 0.1) is 12.7 Å². The molecular weight excluding hydrogens is 297 g/mol. The van der Waals surface area contributed by atoms with Crippen LogP contribution in [0.4, 0.5) is 10.1 Å². The van der Waals surface area contributed by atoms with E-state index in [0.29, 0.717) is 11.3 Å². The van der Waals surface area contributed by atoms with Gasteiger partial charge in [-0.3, -0.25) is 4.79 Å². The number of tetrazole rings is 1. The number of carbonyl (C=O) groups excluding carboxylic acids is 1. The molecule has 0 saturated heterocycles. The summed E-state index contributed by atoms with van der Waals surface area (Å²) in [6.45, 7) is 1.93. The van der Waals surface area contributed by atoms with Crippen LogP contribution < -0.4 is 5.32 Å². The van der Waals surface area contributed by atoms with Crippen LogP contribution in [0.5, 0.6) is 0 Å². The first-order valence-corrected chi connectivity index (χ1v) is 7.00. The van der Waals surface area contributed by atoms with E-state index in [-0.39, 0.29) is 18.1 Å². The van der Waals surface area contributed by atoms with Gasteiger partial charge in [-0.2, -0.15) is 0 Å². The first-order valence-electron chi connectivity index (χ1n) is 7.00. The molecule has 0 aliphatic heterocycles. The molecule has 116 valence electrons. The second kappa shape index (κ2) is 6.35. The zero-order valence-corrected chi connectivity index (χ0v) is 12.4. The van der Waals surface area contributed by atoms with Crippen molar-refractivity contribution in [3.8, 4) is 5.69 Å². The fourth-order valence-corrected chi connectivity index (χ4v) is 2.24. The maximum atomic E-state index is 13.1. The molecule has 0 atom stereocenters. The molecular formula is C16H14FN5O. The molecule has 0 unspecified atom stereocenters. The number of benzene rings is 2. The molecule has 1 heterocycles. The van der Waals surface area contributed by atoms with Crippen LogP contribution in [-0.4, -0.2) is 26.1 Å². The van der Waals surface area contributed by atoms with Crippen LogP contribution >= 0.6 is 0 Å². The van der Waals surface area contributed by atoms with E-state index in [0.717, 1.165) is 11.3 Å². The van der Waals surface area contributed by atoms with Crippen LogP contribution in [-0.2, 0) is 11.2 Å². The van der Waals surface area contributed by atoms with Crippen molar-refractivity contribution < 1.29 is 9.18 Å². The highest BCUT2D eigenvalue weighted by molar-refractivity contribution is 5.92. The Kier molecular flexibility index (Phi) is 4.09. The molecule has 1 N–H and O–H groups in total. The molecule has 0 spiro atoms. The zero-order chi connectivity index (χ0) is 16.2. The molecule has 1 aromatic heterocycles. The number of halogens is 1. The van der Waals surface area contributed by atoms with Gasteiger partial charge in [-0.1, -0.05) is 18.2 Å². The van der Waals surface area contributed by atoms with Crippen LogP contribution in [0.2, 0.25) is 0 Å². The first kappa shape index (κ1) is 14.8. The van der Waals surface area contributed by atoms with Gasteiger partial charge >= 0.3 is 0 Å². The Labute approximate surface area is 132 Å². The van der Waals surface area contributed by atoms with E-state index in [1.807, 2.05) is 13.0 Å². The molecule has 3 aromatic rings. The summed E-state index contributed by atoms with van der Waals surface area (Å²) in [4.78, 5) is 12.1. The standard InChI is InChI=1S/C16H14FN5O/c1-11-5-6-14(9-15(11)22-10-18-20-21-22)19-16(23)8-12-3-2-4-13(17)7-12/h2-7,9-10H,8H2,1H3,(H,19,23). The quantitative estimate of drug-likeness (QED) is 0.802. The van der Waals surface area contributed by atoms with Gasteiger partial charge in [0, 0.05) is 5.69 Å². The average Bonchev–Trinajstić information content (AvgIpc) is 3.03. The smallest absolute Gasteiger partial charge is 0.228 e. The van der Waals surface area contributed by atoms with Crippen molar-refractivity contribution in [3.63, 3.8) is 0 Å². The van der Waals surface area contributed by atoms with E-state index in [4.69, 9.17) is 0 Å². The minimum absolute atomic E-state index is 0.103. The lowest BCUT2D eigenvalue weighted by Gasteiger charge is -2.09. The summed E-state index contributed by atoms with van der Waals surface area (Å²) < 4.78 is 14.7. The fraction of sp³-hybridized carbons (Fsp3) is 0.125. The lowest BCUT2D eigenvalue weighted by molar-refractivity contribution is -0.115. The number of nitrogens with zero attached hydrogens (tertiary/aromatic N) is 4. The highest BCUT2D eigenvalue weighted by Gasteiger charge is 2.08. The zero-order valence-electron chi connectivity index (χ0n) is 12.4. The van der Waals surface area contributed by atoms with E-state index >= 15 is 0 Å². The monoisotopic (exact) mass is 311 g/mol. The predicted molar refractivity (Wildman–Crippen MR) is 82.6 cm³/mol. The van der Waals surface area contributed by atoms with Gasteiger partial charge in [-0.15, -0.1) is 5.10 Å². The van der Waals surface area contributed by atoms with Gasteiger partial charge in [0.15, 0.2) is 0 Å². The summed E-state index contributed by atoms with van der Waals surface area (Å²) >= 11 is 0. The molecule has 0 bridgehead atoms. The number of rotatable bonds is 4. The number of nitrogens with one attached hydrogen (secondary N) is 1. The summed E-state index contributed by atoms with van der Waals surface area (Å²) in [5.41, 5.74) is 3.00. The van der Waals surface area contributed by atoms with E-state index in [2.05, 4.69) is 20.8 Å². The van der Waals surface area contributed by atoms with Gasteiger partial charge < -0.3 is 5.32 Å². The molecule has 0 radical (unpaired) electrons. The Morgan fingerprint density at radius 1 is 1.26 bits per heavy atom. The SMILES string of the molecule is Cc1ccc(NC(=O)Cc2cccc(F)c2)cc1-n1cnnn1. The summed E-state index contributed by atoms with van der Waals surface area (Å²) in [5, 5.41) is 13.9. The highest BCUT2D eigenvalue weighted by Crippen LogP contribution is 2.18. The number of carbonyl (C=O) groups is 1. The Hall–Kier alpha value is -3.09. The molecule has 2 aromatic carbocycles. The van der Waals surface area contributed by atoms with E-state index in [1.165, 1.54) is 23.1 Å².